The fourth-order valence-electron chi connectivity index (χ4n) is 2.12. The first-order valence-corrected chi connectivity index (χ1v) is 7.71. The molecule has 102 valence electrons. The summed E-state index contributed by atoms with van der Waals surface area (Å²) in [4.78, 5) is 6.03. The Morgan fingerprint density at radius 1 is 1.47 bits per heavy atom. The van der Waals surface area contributed by atoms with Crippen molar-refractivity contribution in [2.75, 3.05) is 0 Å². The second kappa shape index (κ2) is 5.06. The minimum absolute atomic E-state index is 0.199. The van der Waals surface area contributed by atoms with Crippen molar-refractivity contribution in [3.8, 4) is 0 Å². The lowest BCUT2D eigenvalue weighted by Crippen LogP contribution is -2.24. The van der Waals surface area contributed by atoms with Crippen LogP contribution in [0.1, 0.15) is 46.9 Å². The maximum Gasteiger partial charge on any atom is 0.115 e. The third-order valence-electron chi connectivity index (χ3n) is 3.58. The van der Waals surface area contributed by atoms with E-state index in [0.29, 0.717) is 6.04 Å². The summed E-state index contributed by atoms with van der Waals surface area (Å²) in [6, 6.07) is 0.852. The van der Waals surface area contributed by atoms with Crippen LogP contribution in [0.25, 0.3) is 0 Å². The Bertz CT molecular complexity index is 548. The molecule has 19 heavy (non-hydrogen) atoms. The molecule has 5 heteroatoms. The molecule has 1 aliphatic rings. The molecular weight excluding hydrogens is 256 g/mol. The fourth-order valence-corrected chi connectivity index (χ4v) is 3.13. The van der Waals surface area contributed by atoms with Crippen molar-refractivity contribution >= 4 is 11.3 Å². The molecule has 2 heterocycles. The van der Waals surface area contributed by atoms with Crippen molar-refractivity contribution in [1.29, 1.82) is 0 Å². The second-order valence-corrected chi connectivity index (χ2v) is 6.43. The van der Waals surface area contributed by atoms with Crippen molar-refractivity contribution < 1.29 is 0 Å². The summed E-state index contributed by atoms with van der Waals surface area (Å²) in [5.41, 5.74) is 2.37. The highest BCUT2D eigenvalue weighted by atomic mass is 32.1. The van der Waals surface area contributed by atoms with Gasteiger partial charge >= 0.3 is 0 Å². The van der Waals surface area contributed by atoms with E-state index < -0.39 is 0 Å². The van der Waals surface area contributed by atoms with E-state index in [4.69, 9.17) is 4.98 Å². The summed E-state index contributed by atoms with van der Waals surface area (Å²) in [6.07, 6.45) is 6.66. The third kappa shape index (κ3) is 2.72. The zero-order chi connectivity index (χ0) is 13.4. The number of hydrogen-bond donors (Lipinski definition) is 1. The van der Waals surface area contributed by atoms with Gasteiger partial charge in [0.15, 0.2) is 0 Å². The van der Waals surface area contributed by atoms with Gasteiger partial charge in [0, 0.05) is 29.2 Å². The van der Waals surface area contributed by atoms with Crippen molar-refractivity contribution in [2.45, 2.75) is 52.2 Å². The molecule has 0 spiro atoms. The topological polar surface area (TPSA) is 42.7 Å². The number of nitrogens with zero attached hydrogens (tertiary/aromatic N) is 3. The zero-order valence-electron chi connectivity index (χ0n) is 11.7. The van der Waals surface area contributed by atoms with Crippen LogP contribution in [0.2, 0.25) is 0 Å². The van der Waals surface area contributed by atoms with E-state index in [-0.39, 0.29) is 6.04 Å². The van der Waals surface area contributed by atoms with Gasteiger partial charge in [0.25, 0.3) is 0 Å². The van der Waals surface area contributed by atoms with Gasteiger partial charge in [0.2, 0.25) is 0 Å². The molecule has 1 unspecified atom stereocenters. The summed E-state index contributed by atoms with van der Waals surface area (Å²) < 4.78 is 1.98. The van der Waals surface area contributed by atoms with Crippen LogP contribution >= 0.6 is 11.3 Å². The number of rotatable bonds is 5. The Morgan fingerprint density at radius 3 is 2.79 bits per heavy atom. The standard InChI is InChI=1S/C14H20N4S/c1-4-18-8-11(7-15-18)13(17-12-5-6-12)14-16-9(2)10(3)19-14/h7-8,12-13,17H,4-6H2,1-3H3. The molecule has 2 aromatic rings. The van der Waals surface area contributed by atoms with Gasteiger partial charge in [-0.2, -0.15) is 5.10 Å². The lowest BCUT2D eigenvalue weighted by molar-refractivity contribution is 0.595. The first kappa shape index (κ1) is 12.8. The summed E-state index contributed by atoms with van der Waals surface area (Å²) in [7, 11) is 0. The summed E-state index contributed by atoms with van der Waals surface area (Å²) >= 11 is 1.79. The molecule has 1 atom stereocenters. The molecule has 3 rings (SSSR count). The monoisotopic (exact) mass is 276 g/mol. The van der Waals surface area contributed by atoms with Crippen LogP contribution in [0.15, 0.2) is 12.4 Å². The van der Waals surface area contributed by atoms with Crippen LogP contribution in [0.5, 0.6) is 0 Å². The van der Waals surface area contributed by atoms with Crippen molar-refractivity contribution in [2.24, 2.45) is 0 Å². The number of hydrogen-bond acceptors (Lipinski definition) is 4. The predicted octanol–water partition coefficient (Wildman–Crippen LogP) is 2.82. The van der Waals surface area contributed by atoms with E-state index in [1.54, 1.807) is 11.3 Å². The van der Waals surface area contributed by atoms with Crippen LogP contribution in [0.3, 0.4) is 0 Å². The first-order valence-electron chi connectivity index (χ1n) is 6.89. The molecule has 0 bridgehead atoms. The molecule has 4 nitrogen and oxygen atoms in total. The van der Waals surface area contributed by atoms with Gasteiger partial charge in [-0.1, -0.05) is 0 Å². The van der Waals surface area contributed by atoms with Crippen LogP contribution in [-0.4, -0.2) is 20.8 Å². The van der Waals surface area contributed by atoms with Crippen LogP contribution in [-0.2, 0) is 6.54 Å². The van der Waals surface area contributed by atoms with Crippen molar-refractivity contribution in [3.63, 3.8) is 0 Å². The lowest BCUT2D eigenvalue weighted by Gasteiger charge is -2.14. The van der Waals surface area contributed by atoms with E-state index in [0.717, 1.165) is 17.2 Å². The number of aromatic nitrogens is 3. The molecule has 0 aromatic carbocycles. The highest BCUT2D eigenvalue weighted by molar-refractivity contribution is 7.11. The Labute approximate surface area is 117 Å². The van der Waals surface area contributed by atoms with Crippen molar-refractivity contribution in [3.05, 3.63) is 33.5 Å². The summed E-state index contributed by atoms with van der Waals surface area (Å²) in [5, 5.41) is 9.25. The smallest absolute Gasteiger partial charge is 0.115 e. The van der Waals surface area contributed by atoms with Gasteiger partial charge in [0.05, 0.1) is 17.9 Å². The minimum Gasteiger partial charge on any atom is -0.301 e. The Hall–Kier alpha value is -1.20. The van der Waals surface area contributed by atoms with Gasteiger partial charge in [-0.25, -0.2) is 4.98 Å². The highest BCUT2D eigenvalue weighted by Crippen LogP contribution is 2.31. The SMILES string of the molecule is CCn1cc(C(NC2CC2)c2nc(C)c(C)s2)cn1. The van der Waals surface area contributed by atoms with Gasteiger partial charge in [-0.3, -0.25) is 4.68 Å². The number of aryl methyl sites for hydroxylation is 3. The van der Waals surface area contributed by atoms with Crippen molar-refractivity contribution in [1.82, 2.24) is 20.1 Å². The normalized spacial score (nSPS) is 16.8. The number of thiazole rings is 1. The molecule has 0 radical (unpaired) electrons. The molecule has 2 aromatic heterocycles. The van der Waals surface area contributed by atoms with Gasteiger partial charge in [0.1, 0.15) is 5.01 Å². The first-order chi connectivity index (χ1) is 9.17. The van der Waals surface area contributed by atoms with Crippen LogP contribution in [0, 0.1) is 13.8 Å². The van der Waals surface area contributed by atoms with Gasteiger partial charge in [-0.05, 0) is 33.6 Å². The van der Waals surface area contributed by atoms with Gasteiger partial charge in [-0.15, -0.1) is 11.3 Å². The largest absolute Gasteiger partial charge is 0.301 e. The highest BCUT2D eigenvalue weighted by Gasteiger charge is 2.28. The molecule has 0 aliphatic heterocycles. The maximum atomic E-state index is 4.72. The quantitative estimate of drug-likeness (QED) is 0.913. The average Bonchev–Trinajstić information content (AvgIpc) is 2.99. The second-order valence-electron chi connectivity index (χ2n) is 5.20. The summed E-state index contributed by atoms with van der Waals surface area (Å²) in [5.74, 6) is 0. The maximum absolute atomic E-state index is 4.72. The molecule has 0 amide bonds. The Balaban J connectivity index is 1.91. The minimum atomic E-state index is 0.199. The van der Waals surface area contributed by atoms with Gasteiger partial charge < -0.3 is 5.32 Å². The van der Waals surface area contributed by atoms with Crippen LogP contribution in [0.4, 0.5) is 0 Å². The molecule has 1 saturated carbocycles. The van der Waals surface area contributed by atoms with Crippen LogP contribution < -0.4 is 5.32 Å². The molecule has 1 N–H and O–H groups in total. The number of nitrogens with one attached hydrogen (secondary N) is 1. The molecular formula is C14H20N4S. The third-order valence-corrected chi connectivity index (χ3v) is 4.72. The Kier molecular flexibility index (Phi) is 3.41. The Morgan fingerprint density at radius 2 is 2.26 bits per heavy atom. The molecule has 0 saturated heterocycles. The predicted molar refractivity (Wildman–Crippen MR) is 77.5 cm³/mol. The lowest BCUT2D eigenvalue weighted by atomic mass is 10.1. The van der Waals surface area contributed by atoms with E-state index in [9.17, 15) is 0 Å². The van der Waals surface area contributed by atoms with E-state index in [1.165, 1.54) is 23.3 Å². The average molecular weight is 276 g/mol. The summed E-state index contributed by atoms with van der Waals surface area (Å²) in [6.45, 7) is 7.24. The van der Waals surface area contributed by atoms with E-state index in [2.05, 4.69) is 37.4 Å². The van der Waals surface area contributed by atoms with E-state index >= 15 is 0 Å². The molecule has 1 aliphatic carbocycles. The van der Waals surface area contributed by atoms with E-state index in [1.807, 2.05) is 10.9 Å². The zero-order valence-corrected chi connectivity index (χ0v) is 12.5. The molecule has 1 fully saturated rings. The fraction of sp³-hybridized carbons (Fsp3) is 0.571.